The fraction of sp³-hybridized carbons (Fsp3) is 0.333. The van der Waals surface area contributed by atoms with Crippen molar-refractivity contribution in [1.29, 1.82) is 5.41 Å². The van der Waals surface area contributed by atoms with Crippen LogP contribution in [-0.4, -0.2) is 18.7 Å². The highest BCUT2D eigenvalue weighted by atomic mass is 16.5. The summed E-state index contributed by atoms with van der Waals surface area (Å²) >= 11 is 0. The van der Waals surface area contributed by atoms with E-state index in [4.69, 9.17) is 15.9 Å². The second-order valence-electron chi connectivity index (χ2n) is 1.53. The normalized spacial score (nSPS) is 10.7. The molecular formula is C6H10N2O2. The number of primary amides is 1. The van der Waals surface area contributed by atoms with E-state index < -0.39 is 5.91 Å². The molecule has 0 bridgehead atoms. The van der Waals surface area contributed by atoms with Crippen LogP contribution in [-0.2, 0) is 9.53 Å². The van der Waals surface area contributed by atoms with Crippen molar-refractivity contribution in [3.05, 3.63) is 11.8 Å². The molecule has 1 amide bonds. The number of nitrogens with two attached hydrogens (primary N) is 1. The molecule has 0 fully saturated rings. The van der Waals surface area contributed by atoms with Gasteiger partial charge in [-0.05, 0) is 6.92 Å². The molecule has 0 aromatic heterocycles. The highest BCUT2D eigenvalue weighted by molar-refractivity contribution is 5.91. The van der Waals surface area contributed by atoms with Crippen LogP contribution in [0.3, 0.4) is 0 Å². The van der Waals surface area contributed by atoms with Gasteiger partial charge in [-0.15, -0.1) is 0 Å². The second-order valence-corrected chi connectivity index (χ2v) is 1.53. The minimum atomic E-state index is -0.605. The number of ether oxygens (including phenoxy) is 1. The first kappa shape index (κ1) is 8.68. The molecular weight excluding hydrogens is 132 g/mol. The van der Waals surface area contributed by atoms with Crippen molar-refractivity contribution in [2.75, 3.05) is 6.61 Å². The lowest BCUT2D eigenvalue weighted by Gasteiger charge is -1.99. The van der Waals surface area contributed by atoms with Gasteiger partial charge >= 0.3 is 0 Å². The molecule has 0 saturated carbocycles. The van der Waals surface area contributed by atoms with Crippen molar-refractivity contribution >= 4 is 12.1 Å². The summed E-state index contributed by atoms with van der Waals surface area (Å²) in [5.41, 5.74) is 4.80. The Morgan fingerprint density at radius 2 is 2.40 bits per heavy atom. The first-order chi connectivity index (χ1) is 4.70. The molecule has 10 heavy (non-hydrogen) atoms. The average molecular weight is 142 g/mol. The molecule has 0 aliphatic carbocycles. The minimum Gasteiger partial charge on any atom is -0.492 e. The molecule has 56 valence electrons. The van der Waals surface area contributed by atoms with E-state index >= 15 is 0 Å². The Hall–Kier alpha value is -1.32. The van der Waals surface area contributed by atoms with E-state index in [0.29, 0.717) is 6.61 Å². The third kappa shape index (κ3) is 3.65. The number of hydrogen-bond acceptors (Lipinski definition) is 3. The highest BCUT2D eigenvalue weighted by Gasteiger charge is 1.93. The Morgan fingerprint density at radius 3 is 2.70 bits per heavy atom. The van der Waals surface area contributed by atoms with Crippen LogP contribution in [0.1, 0.15) is 6.92 Å². The minimum absolute atomic E-state index is 0.190. The summed E-state index contributed by atoms with van der Waals surface area (Å²) in [4.78, 5) is 10.2. The maximum Gasteiger partial charge on any atom is 0.245 e. The Kier molecular flexibility index (Phi) is 3.95. The molecule has 0 saturated heterocycles. The van der Waals surface area contributed by atoms with E-state index in [2.05, 4.69) is 0 Å². The molecule has 4 nitrogen and oxygen atoms in total. The molecule has 0 radical (unpaired) electrons. The summed E-state index contributed by atoms with van der Waals surface area (Å²) in [6, 6.07) is 0. The third-order valence-electron chi connectivity index (χ3n) is 0.738. The van der Waals surface area contributed by atoms with Gasteiger partial charge in [0, 0.05) is 6.08 Å². The highest BCUT2D eigenvalue weighted by Crippen LogP contribution is 1.90. The predicted octanol–water partition coefficient (Wildman–Crippen LogP) is 0.0417. The topological polar surface area (TPSA) is 76.2 Å². The van der Waals surface area contributed by atoms with Gasteiger partial charge in [-0.3, -0.25) is 4.79 Å². The maximum absolute atomic E-state index is 10.2. The van der Waals surface area contributed by atoms with Gasteiger partial charge in [0.15, 0.2) is 0 Å². The van der Waals surface area contributed by atoms with E-state index in [1.54, 1.807) is 6.92 Å². The van der Waals surface area contributed by atoms with Gasteiger partial charge < -0.3 is 15.9 Å². The number of amides is 1. The molecule has 0 aromatic rings. The van der Waals surface area contributed by atoms with Crippen LogP contribution >= 0.6 is 0 Å². The second kappa shape index (κ2) is 4.55. The van der Waals surface area contributed by atoms with Crippen molar-refractivity contribution in [3.8, 4) is 0 Å². The molecule has 4 heteroatoms. The molecule has 3 N–H and O–H groups in total. The SMILES string of the molecule is CCOC(C=N)=CC(N)=O. The van der Waals surface area contributed by atoms with Crippen LogP contribution in [0.25, 0.3) is 0 Å². The lowest BCUT2D eigenvalue weighted by molar-refractivity contribution is -0.113. The van der Waals surface area contributed by atoms with Gasteiger partial charge in [-0.2, -0.15) is 0 Å². The zero-order chi connectivity index (χ0) is 7.98. The number of allylic oxidation sites excluding steroid dienone is 1. The molecule has 0 atom stereocenters. The van der Waals surface area contributed by atoms with E-state index in [9.17, 15) is 4.79 Å². The van der Waals surface area contributed by atoms with Crippen LogP contribution in [0.15, 0.2) is 11.8 Å². The van der Waals surface area contributed by atoms with Crippen molar-refractivity contribution in [1.82, 2.24) is 0 Å². The summed E-state index contributed by atoms with van der Waals surface area (Å²) in [5.74, 6) is -0.415. The fourth-order valence-electron chi connectivity index (χ4n) is 0.432. The summed E-state index contributed by atoms with van der Waals surface area (Å²) in [5, 5.41) is 6.73. The Bertz CT molecular complexity index is 163. The molecule has 0 aliphatic rings. The van der Waals surface area contributed by atoms with Gasteiger partial charge in [0.05, 0.1) is 12.8 Å². The van der Waals surface area contributed by atoms with Gasteiger partial charge in [0.1, 0.15) is 5.76 Å². The Morgan fingerprint density at radius 1 is 1.80 bits per heavy atom. The van der Waals surface area contributed by atoms with Crippen molar-refractivity contribution in [2.45, 2.75) is 6.92 Å². The Balaban J connectivity index is 4.03. The van der Waals surface area contributed by atoms with Crippen LogP contribution in [0.4, 0.5) is 0 Å². The summed E-state index contributed by atoms with van der Waals surface area (Å²) < 4.78 is 4.82. The number of carbonyl (C=O) groups excluding carboxylic acids is 1. The maximum atomic E-state index is 10.2. The van der Waals surface area contributed by atoms with Crippen LogP contribution in [0, 0.1) is 5.41 Å². The number of carbonyl (C=O) groups is 1. The van der Waals surface area contributed by atoms with Crippen LogP contribution in [0.5, 0.6) is 0 Å². The zero-order valence-electron chi connectivity index (χ0n) is 5.76. The largest absolute Gasteiger partial charge is 0.492 e. The van der Waals surface area contributed by atoms with Crippen molar-refractivity contribution in [3.63, 3.8) is 0 Å². The molecule has 0 unspecified atom stereocenters. The van der Waals surface area contributed by atoms with Gasteiger partial charge in [0.25, 0.3) is 0 Å². The van der Waals surface area contributed by atoms with Gasteiger partial charge in [-0.1, -0.05) is 0 Å². The standard InChI is InChI=1S/C6H10N2O2/c1-2-10-5(4-7)3-6(8)9/h3-4,7H,2H2,1H3,(H2,8,9). The number of hydrogen-bond donors (Lipinski definition) is 2. The monoisotopic (exact) mass is 142 g/mol. The van der Waals surface area contributed by atoms with E-state index in [1.807, 2.05) is 0 Å². The van der Waals surface area contributed by atoms with E-state index in [-0.39, 0.29) is 5.76 Å². The smallest absolute Gasteiger partial charge is 0.245 e. The molecule has 0 aliphatic heterocycles. The first-order valence-electron chi connectivity index (χ1n) is 2.85. The summed E-state index contributed by atoms with van der Waals surface area (Å²) in [6.07, 6.45) is 2.00. The van der Waals surface area contributed by atoms with E-state index in [0.717, 1.165) is 12.3 Å². The number of rotatable bonds is 4. The van der Waals surface area contributed by atoms with Gasteiger partial charge in [0.2, 0.25) is 5.91 Å². The quantitative estimate of drug-likeness (QED) is 0.330. The first-order valence-corrected chi connectivity index (χ1v) is 2.85. The number of nitrogens with one attached hydrogen (secondary N) is 1. The third-order valence-corrected chi connectivity index (χ3v) is 0.738. The Labute approximate surface area is 59.2 Å². The molecule has 0 aromatic carbocycles. The van der Waals surface area contributed by atoms with Crippen LogP contribution < -0.4 is 5.73 Å². The van der Waals surface area contributed by atoms with Crippen molar-refractivity contribution in [2.24, 2.45) is 5.73 Å². The summed E-state index contributed by atoms with van der Waals surface area (Å²) in [7, 11) is 0. The molecule has 0 rings (SSSR count). The molecule has 0 heterocycles. The molecule has 0 spiro atoms. The zero-order valence-corrected chi connectivity index (χ0v) is 5.76. The lowest BCUT2D eigenvalue weighted by atomic mass is 10.4. The average Bonchev–Trinajstić information content (AvgIpc) is 1.86. The summed E-state index contributed by atoms with van der Waals surface area (Å²) in [6.45, 7) is 2.19. The van der Waals surface area contributed by atoms with Crippen LogP contribution in [0.2, 0.25) is 0 Å². The van der Waals surface area contributed by atoms with Gasteiger partial charge in [-0.25, -0.2) is 0 Å². The van der Waals surface area contributed by atoms with Crippen molar-refractivity contribution < 1.29 is 9.53 Å². The van der Waals surface area contributed by atoms with E-state index in [1.165, 1.54) is 0 Å². The fourth-order valence-corrected chi connectivity index (χ4v) is 0.432. The predicted molar refractivity (Wildman–Crippen MR) is 37.7 cm³/mol. The lowest BCUT2D eigenvalue weighted by Crippen LogP contribution is -2.08.